The zero-order valence-corrected chi connectivity index (χ0v) is 15.3. The van der Waals surface area contributed by atoms with Crippen molar-refractivity contribution in [1.82, 2.24) is 10.6 Å². The molecule has 6 nitrogen and oxygen atoms in total. The number of carbonyl (C=O) groups excluding carboxylic acids is 2. The average Bonchev–Trinajstić information content (AvgIpc) is 2.62. The molecule has 2 aromatic rings. The van der Waals surface area contributed by atoms with Gasteiger partial charge in [0.05, 0.1) is 12.0 Å². The third kappa shape index (κ3) is 5.86. The first-order valence-corrected chi connectivity index (χ1v) is 8.59. The van der Waals surface area contributed by atoms with Crippen LogP contribution in [0.3, 0.4) is 0 Å². The summed E-state index contributed by atoms with van der Waals surface area (Å²) in [4.78, 5) is 35.5. The zero-order chi connectivity index (χ0) is 18.9. The lowest BCUT2D eigenvalue weighted by Gasteiger charge is -2.11. The van der Waals surface area contributed by atoms with Crippen LogP contribution in [0.2, 0.25) is 0 Å². The Morgan fingerprint density at radius 2 is 1.65 bits per heavy atom. The Morgan fingerprint density at radius 3 is 2.31 bits per heavy atom. The Kier molecular flexibility index (Phi) is 7.11. The van der Waals surface area contributed by atoms with E-state index < -0.39 is 17.8 Å². The summed E-state index contributed by atoms with van der Waals surface area (Å²) in [5.41, 5.74) is 1.13. The first-order valence-electron chi connectivity index (χ1n) is 7.80. The second kappa shape index (κ2) is 9.53. The lowest BCUT2D eigenvalue weighted by molar-refractivity contribution is -0.136. The van der Waals surface area contributed by atoms with Crippen LogP contribution in [0.5, 0.6) is 0 Å². The van der Waals surface area contributed by atoms with Crippen molar-refractivity contribution in [1.29, 1.82) is 0 Å². The maximum absolute atomic E-state index is 12.5. The summed E-state index contributed by atoms with van der Waals surface area (Å²) in [5.74, 6) is -2.03. The number of rotatable bonds is 7. The van der Waals surface area contributed by atoms with E-state index in [1.54, 1.807) is 48.5 Å². The summed E-state index contributed by atoms with van der Waals surface area (Å²) in [6.07, 6.45) is 1.33. The van der Waals surface area contributed by atoms with E-state index in [9.17, 15) is 14.4 Å². The molecule has 0 saturated carbocycles. The number of benzene rings is 2. The van der Waals surface area contributed by atoms with Crippen LogP contribution in [0.25, 0.3) is 6.08 Å². The Balaban J connectivity index is 2.21. The molecule has 0 aromatic heterocycles. The minimum Gasteiger partial charge on any atom is -0.481 e. The fourth-order valence-electron chi connectivity index (χ4n) is 2.09. The summed E-state index contributed by atoms with van der Waals surface area (Å²) in [6.45, 7) is -0.0365. The number of halogens is 1. The number of carbonyl (C=O) groups is 3. The standard InChI is InChI=1S/C19H17BrN2O4/c20-15-9-5-4-8-14(15)18(25)22-16(12-13-6-2-1-3-7-13)19(26)21-11-10-17(23)24/h1-9,12H,10-11H2,(H,21,26)(H,22,25)(H,23,24). The highest BCUT2D eigenvalue weighted by Gasteiger charge is 2.16. The molecule has 26 heavy (non-hydrogen) atoms. The second-order valence-electron chi connectivity index (χ2n) is 5.30. The van der Waals surface area contributed by atoms with Gasteiger partial charge in [-0.1, -0.05) is 42.5 Å². The molecule has 0 heterocycles. The van der Waals surface area contributed by atoms with Crippen LogP contribution >= 0.6 is 15.9 Å². The third-order valence-electron chi connectivity index (χ3n) is 3.35. The summed E-state index contributed by atoms with van der Waals surface area (Å²) in [7, 11) is 0. The predicted molar refractivity (Wildman–Crippen MR) is 101 cm³/mol. The average molecular weight is 417 g/mol. The molecule has 0 unspecified atom stereocenters. The Bertz CT molecular complexity index is 834. The molecule has 7 heteroatoms. The number of nitrogens with one attached hydrogen (secondary N) is 2. The summed E-state index contributed by atoms with van der Waals surface area (Å²) < 4.78 is 0.600. The topological polar surface area (TPSA) is 95.5 Å². The highest BCUT2D eigenvalue weighted by atomic mass is 79.9. The second-order valence-corrected chi connectivity index (χ2v) is 6.16. The molecule has 134 valence electrons. The van der Waals surface area contributed by atoms with Crippen molar-refractivity contribution in [2.75, 3.05) is 6.54 Å². The van der Waals surface area contributed by atoms with Crippen LogP contribution in [0, 0.1) is 0 Å². The van der Waals surface area contributed by atoms with E-state index in [-0.39, 0.29) is 18.7 Å². The molecule has 0 aliphatic heterocycles. The molecule has 0 atom stereocenters. The highest BCUT2D eigenvalue weighted by molar-refractivity contribution is 9.10. The molecule has 0 saturated heterocycles. The van der Waals surface area contributed by atoms with E-state index in [1.165, 1.54) is 6.08 Å². The predicted octanol–water partition coefficient (Wildman–Crippen LogP) is 2.81. The van der Waals surface area contributed by atoms with Gasteiger partial charge in [0, 0.05) is 11.0 Å². The maximum atomic E-state index is 12.5. The molecule has 0 spiro atoms. The van der Waals surface area contributed by atoms with Crippen LogP contribution in [0.15, 0.2) is 64.8 Å². The molecule has 0 aliphatic carbocycles. The van der Waals surface area contributed by atoms with E-state index in [2.05, 4.69) is 26.6 Å². The Labute approximate surface area is 159 Å². The number of hydrogen-bond donors (Lipinski definition) is 3. The van der Waals surface area contributed by atoms with Gasteiger partial charge in [-0.2, -0.15) is 0 Å². The molecule has 2 aromatic carbocycles. The van der Waals surface area contributed by atoms with E-state index >= 15 is 0 Å². The van der Waals surface area contributed by atoms with Gasteiger partial charge in [-0.05, 0) is 39.7 Å². The maximum Gasteiger partial charge on any atom is 0.305 e. The largest absolute Gasteiger partial charge is 0.481 e. The molecule has 0 aliphatic rings. The number of amides is 2. The van der Waals surface area contributed by atoms with Gasteiger partial charge in [-0.25, -0.2) is 0 Å². The van der Waals surface area contributed by atoms with Gasteiger partial charge in [-0.15, -0.1) is 0 Å². The van der Waals surface area contributed by atoms with E-state index in [0.29, 0.717) is 10.0 Å². The van der Waals surface area contributed by atoms with Crippen molar-refractivity contribution < 1.29 is 19.5 Å². The van der Waals surface area contributed by atoms with E-state index in [1.807, 2.05) is 6.07 Å². The van der Waals surface area contributed by atoms with E-state index in [4.69, 9.17) is 5.11 Å². The first-order chi connectivity index (χ1) is 12.5. The van der Waals surface area contributed by atoms with Crippen molar-refractivity contribution in [2.24, 2.45) is 0 Å². The minimum atomic E-state index is -1.02. The smallest absolute Gasteiger partial charge is 0.305 e. The molecular formula is C19H17BrN2O4. The van der Waals surface area contributed by atoms with Gasteiger partial charge in [0.25, 0.3) is 11.8 Å². The zero-order valence-electron chi connectivity index (χ0n) is 13.7. The van der Waals surface area contributed by atoms with Crippen molar-refractivity contribution in [3.05, 3.63) is 75.9 Å². The Hall–Kier alpha value is -2.93. The monoisotopic (exact) mass is 416 g/mol. The van der Waals surface area contributed by atoms with Crippen LogP contribution in [-0.2, 0) is 9.59 Å². The molecule has 0 fully saturated rings. The number of carboxylic acids is 1. The van der Waals surface area contributed by atoms with Crippen LogP contribution in [0.1, 0.15) is 22.3 Å². The van der Waals surface area contributed by atoms with Crippen LogP contribution in [-0.4, -0.2) is 29.4 Å². The fraction of sp³-hybridized carbons (Fsp3) is 0.105. The highest BCUT2D eigenvalue weighted by Crippen LogP contribution is 2.16. The van der Waals surface area contributed by atoms with Crippen molar-refractivity contribution in [3.63, 3.8) is 0 Å². The normalized spacial score (nSPS) is 10.9. The van der Waals surface area contributed by atoms with Gasteiger partial charge in [0.15, 0.2) is 0 Å². The van der Waals surface area contributed by atoms with Gasteiger partial charge >= 0.3 is 5.97 Å². The van der Waals surface area contributed by atoms with Gasteiger partial charge in [0.2, 0.25) is 0 Å². The van der Waals surface area contributed by atoms with Gasteiger partial charge in [0.1, 0.15) is 5.70 Å². The molecule has 0 bridgehead atoms. The molecule has 2 rings (SSSR count). The molecule has 3 N–H and O–H groups in total. The molecule has 2 amide bonds. The lowest BCUT2D eigenvalue weighted by Crippen LogP contribution is -2.35. The van der Waals surface area contributed by atoms with Crippen LogP contribution in [0.4, 0.5) is 0 Å². The summed E-state index contributed by atoms with van der Waals surface area (Å²) in [5, 5.41) is 13.8. The first kappa shape index (κ1) is 19.4. The quantitative estimate of drug-likeness (QED) is 0.604. The minimum absolute atomic E-state index is 0.0299. The SMILES string of the molecule is O=C(O)CCNC(=O)C(=Cc1ccccc1)NC(=O)c1ccccc1Br. The molecule has 0 radical (unpaired) electrons. The Morgan fingerprint density at radius 1 is 1.00 bits per heavy atom. The van der Waals surface area contributed by atoms with E-state index in [0.717, 1.165) is 5.56 Å². The van der Waals surface area contributed by atoms with Crippen molar-refractivity contribution in [2.45, 2.75) is 6.42 Å². The number of aliphatic carboxylic acids is 1. The van der Waals surface area contributed by atoms with Crippen molar-refractivity contribution >= 4 is 39.8 Å². The lowest BCUT2D eigenvalue weighted by atomic mass is 10.1. The third-order valence-corrected chi connectivity index (χ3v) is 4.04. The summed E-state index contributed by atoms with van der Waals surface area (Å²) >= 11 is 3.30. The van der Waals surface area contributed by atoms with Crippen LogP contribution < -0.4 is 10.6 Å². The number of hydrogen-bond acceptors (Lipinski definition) is 3. The van der Waals surface area contributed by atoms with Crippen molar-refractivity contribution in [3.8, 4) is 0 Å². The summed E-state index contributed by atoms with van der Waals surface area (Å²) in [6, 6.07) is 15.9. The molecular weight excluding hydrogens is 400 g/mol. The number of carboxylic acid groups (broad SMARTS) is 1. The van der Waals surface area contributed by atoms with Gasteiger partial charge < -0.3 is 15.7 Å². The fourth-order valence-corrected chi connectivity index (χ4v) is 2.55. The van der Waals surface area contributed by atoms with Gasteiger partial charge in [-0.3, -0.25) is 14.4 Å².